The van der Waals surface area contributed by atoms with Crippen molar-refractivity contribution < 1.29 is 4.39 Å². The maximum Gasteiger partial charge on any atom is 0.258 e. The van der Waals surface area contributed by atoms with Gasteiger partial charge in [-0.3, -0.25) is 4.79 Å². The maximum absolute atomic E-state index is 13.4. The summed E-state index contributed by atoms with van der Waals surface area (Å²) in [7, 11) is 1.64. The van der Waals surface area contributed by atoms with Crippen molar-refractivity contribution in [2.75, 3.05) is 0 Å². The van der Waals surface area contributed by atoms with Crippen molar-refractivity contribution in [1.82, 2.24) is 4.57 Å². The Morgan fingerprint density at radius 2 is 2.14 bits per heavy atom. The Kier molecular flexibility index (Phi) is 2.15. The summed E-state index contributed by atoms with van der Waals surface area (Å²) < 4.78 is 15.4. The number of rotatable bonds is 0. The molecule has 0 radical (unpaired) electrons. The van der Waals surface area contributed by atoms with Gasteiger partial charge in [0.15, 0.2) is 0 Å². The third-order valence-electron chi connectivity index (χ3n) is 2.11. The Bertz CT molecular complexity index is 562. The highest BCUT2D eigenvalue weighted by atomic mass is 79.9. The lowest BCUT2D eigenvalue weighted by atomic mass is 10.1. The van der Waals surface area contributed by atoms with Gasteiger partial charge in [0.25, 0.3) is 5.56 Å². The van der Waals surface area contributed by atoms with Crippen LogP contribution in [0, 0.1) is 5.82 Å². The Hall–Kier alpha value is -1.16. The number of hydrogen-bond donors (Lipinski definition) is 0. The van der Waals surface area contributed by atoms with Gasteiger partial charge in [-0.1, -0.05) is 6.07 Å². The SMILES string of the molecule is Cn1cc(Br)c2c(F)cccc2c1=O. The van der Waals surface area contributed by atoms with Crippen molar-refractivity contribution in [1.29, 1.82) is 0 Å². The second-order valence-corrected chi connectivity index (χ2v) is 3.91. The number of aromatic nitrogens is 1. The summed E-state index contributed by atoms with van der Waals surface area (Å²) in [5.41, 5.74) is -0.192. The van der Waals surface area contributed by atoms with Crippen molar-refractivity contribution in [3.63, 3.8) is 0 Å². The Morgan fingerprint density at radius 1 is 1.43 bits per heavy atom. The van der Waals surface area contributed by atoms with E-state index in [9.17, 15) is 9.18 Å². The van der Waals surface area contributed by atoms with Gasteiger partial charge in [0.05, 0.1) is 5.39 Å². The summed E-state index contributed by atoms with van der Waals surface area (Å²) in [5, 5.41) is 0.734. The van der Waals surface area contributed by atoms with E-state index < -0.39 is 0 Å². The van der Waals surface area contributed by atoms with Crippen LogP contribution in [0.15, 0.2) is 33.7 Å². The van der Waals surface area contributed by atoms with E-state index in [4.69, 9.17) is 0 Å². The molecule has 0 atom stereocenters. The molecule has 0 aliphatic rings. The van der Waals surface area contributed by atoms with E-state index >= 15 is 0 Å². The van der Waals surface area contributed by atoms with Crippen LogP contribution in [0.2, 0.25) is 0 Å². The molecule has 0 saturated carbocycles. The molecule has 2 nitrogen and oxygen atoms in total. The highest BCUT2D eigenvalue weighted by molar-refractivity contribution is 9.10. The second-order valence-electron chi connectivity index (χ2n) is 3.06. The van der Waals surface area contributed by atoms with Gasteiger partial charge in [-0.25, -0.2) is 4.39 Å². The minimum absolute atomic E-state index is 0.192. The molecule has 0 aliphatic carbocycles. The topological polar surface area (TPSA) is 22.0 Å². The van der Waals surface area contributed by atoms with Crippen LogP contribution in [0.5, 0.6) is 0 Å². The first kappa shape index (κ1) is 9.40. The monoisotopic (exact) mass is 255 g/mol. The minimum Gasteiger partial charge on any atom is -0.317 e. The summed E-state index contributed by atoms with van der Waals surface area (Å²) in [5.74, 6) is -0.382. The molecule has 0 bridgehead atoms. The molecule has 0 unspecified atom stereocenters. The summed E-state index contributed by atoms with van der Waals surface area (Å²) >= 11 is 3.23. The standard InChI is InChI=1S/C10H7BrFNO/c1-13-5-7(11)9-6(10(13)14)3-2-4-8(9)12/h2-5H,1H3. The second kappa shape index (κ2) is 3.20. The van der Waals surface area contributed by atoms with E-state index in [0.29, 0.717) is 15.2 Å². The van der Waals surface area contributed by atoms with E-state index in [-0.39, 0.29) is 11.4 Å². The van der Waals surface area contributed by atoms with Gasteiger partial charge in [0.2, 0.25) is 0 Å². The van der Waals surface area contributed by atoms with Crippen LogP contribution >= 0.6 is 15.9 Å². The highest BCUT2D eigenvalue weighted by Crippen LogP contribution is 2.23. The first-order valence-corrected chi connectivity index (χ1v) is 4.84. The number of hydrogen-bond acceptors (Lipinski definition) is 1. The van der Waals surface area contributed by atoms with E-state index in [1.54, 1.807) is 19.3 Å². The van der Waals surface area contributed by atoms with Gasteiger partial charge >= 0.3 is 0 Å². The molecule has 4 heteroatoms. The lowest BCUT2D eigenvalue weighted by Crippen LogP contribution is -2.16. The molecule has 0 amide bonds. The fraction of sp³-hybridized carbons (Fsp3) is 0.100. The molecule has 1 heterocycles. The molecule has 14 heavy (non-hydrogen) atoms. The number of fused-ring (bicyclic) bond motifs is 1. The van der Waals surface area contributed by atoms with E-state index in [0.717, 1.165) is 0 Å². The molecule has 0 saturated heterocycles. The van der Waals surface area contributed by atoms with Crippen molar-refractivity contribution >= 4 is 26.7 Å². The maximum atomic E-state index is 13.4. The van der Waals surface area contributed by atoms with Crippen molar-refractivity contribution in [2.24, 2.45) is 7.05 Å². The predicted molar refractivity (Wildman–Crippen MR) is 56.8 cm³/mol. The van der Waals surface area contributed by atoms with E-state index in [1.807, 2.05) is 0 Å². The predicted octanol–water partition coefficient (Wildman–Crippen LogP) is 2.44. The molecule has 72 valence electrons. The fourth-order valence-corrected chi connectivity index (χ4v) is 2.14. The zero-order valence-electron chi connectivity index (χ0n) is 7.42. The Balaban J connectivity index is 3.10. The summed E-state index contributed by atoms with van der Waals surface area (Å²) in [6, 6.07) is 4.49. The van der Waals surface area contributed by atoms with Crippen LogP contribution in [0.1, 0.15) is 0 Å². The number of halogens is 2. The molecule has 1 aromatic heterocycles. The van der Waals surface area contributed by atoms with Crippen LogP contribution in [0.4, 0.5) is 4.39 Å². The molecule has 0 spiro atoms. The van der Waals surface area contributed by atoms with Gasteiger partial charge < -0.3 is 4.57 Å². The van der Waals surface area contributed by atoms with Crippen molar-refractivity contribution in [3.8, 4) is 0 Å². The first-order chi connectivity index (χ1) is 6.61. The van der Waals surface area contributed by atoms with Crippen LogP contribution in [0.25, 0.3) is 10.8 Å². The molecule has 2 aromatic rings. The van der Waals surface area contributed by atoms with E-state index in [2.05, 4.69) is 15.9 Å². The summed E-state index contributed by atoms with van der Waals surface area (Å²) in [4.78, 5) is 11.6. The quantitative estimate of drug-likeness (QED) is 0.709. The first-order valence-electron chi connectivity index (χ1n) is 4.04. The lowest BCUT2D eigenvalue weighted by Gasteiger charge is -2.04. The largest absolute Gasteiger partial charge is 0.317 e. The molecule has 0 aliphatic heterocycles. The Morgan fingerprint density at radius 3 is 2.86 bits per heavy atom. The van der Waals surface area contributed by atoms with Gasteiger partial charge in [-0.2, -0.15) is 0 Å². The third kappa shape index (κ3) is 1.26. The number of aryl methyl sites for hydroxylation is 1. The zero-order chi connectivity index (χ0) is 10.3. The Labute approximate surface area is 88.1 Å². The van der Waals surface area contributed by atoms with Gasteiger partial charge in [0.1, 0.15) is 5.82 Å². The molecule has 0 N–H and O–H groups in total. The average Bonchev–Trinajstić information content (AvgIpc) is 2.14. The third-order valence-corrected chi connectivity index (χ3v) is 2.71. The lowest BCUT2D eigenvalue weighted by molar-refractivity contribution is 0.638. The normalized spacial score (nSPS) is 10.8. The summed E-state index contributed by atoms with van der Waals surface area (Å²) in [6.07, 6.45) is 1.56. The minimum atomic E-state index is -0.382. The zero-order valence-corrected chi connectivity index (χ0v) is 9.01. The molecular formula is C10H7BrFNO. The van der Waals surface area contributed by atoms with Gasteiger partial charge in [0, 0.05) is 23.1 Å². The number of pyridine rings is 1. The van der Waals surface area contributed by atoms with Crippen LogP contribution < -0.4 is 5.56 Å². The number of benzene rings is 1. The average molecular weight is 256 g/mol. The van der Waals surface area contributed by atoms with E-state index in [1.165, 1.54) is 16.7 Å². The molecular weight excluding hydrogens is 249 g/mol. The van der Waals surface area contributed by atoms with Gasteiger partial charge in [-0.05, 0) is 28.1 Å². The molecule has 1 aromatic carbocycles. The molecule has 2 rings (SSSR count). The highest BCUT2D eigenvalue weighted by Gasteiger charge is 2.08. The van der Waals surface area contributed by atoms with Crippen molar-refractivity contribution in [3.05, 3.63) is 45.0 Å². The fourth-order valence-electron chi connectivity index (χ4n) is 1.43. The number of nitrogens with zero attached hydrogens (tertiary/aromatic N) is 1. The summed E-state index contributed by atoms with van der Waals surface area (Å²) in [6.45, 7) is 0. The molecule has 0 fully saturated rings. The van der Waals surface area contributed by atoms with Crippen LogP contribution in [-0.4, -0.2) is 4.57 Å². The van der Waals surface area contributed by atoms with Crippen molar-refractivity contribution in [2.45, 2.75) is 0 Å². The smallest absolute Gasteiger partial charge is 0.258 e. The van der Waals surface area contributed by atoms with Gasteiger partial charge in [-0.15, -0.1) is 0 Å². The van der Waals surface area contributed by atoms with Crippen LogP contribution in [-0.2, 0) is 7.05 Å². The van der Waals surface area contributed by atoms with Crippen LogP contribution in [0.3, 0.4) is 0 Å².